The van der Waals surface area contributed by atoms with Crippen molar-refractivity contribution in [2.24, 2.45) is 0 Å². The van der Waals surface area contributed by atoms with E-state index in [2.05, 4.69) is 0 Å². The average molecular weight is 458 g/mol. The predicted octanol–water partition coefficient (Wildman–Crippen LogP) is 1.59. The third kappa shape index (κ3) is 5.51. The molecular formula is C20H28ClN3O5S. The predicted molar refractivity (Wildman–Crippen MR) is 113 cm³/mol. The fourth-order valence-electron chi connectivity index (χ4n) is 3.85. The molecule has 10 heteroatoms. The normalized spacial score (nSPS) is 23.4. The van der Waals surface area contributed by atoms with Gasteiger partial charge in [-0.05, 0) is 38.1 Å². The van der Waals surface area contributed by atoms with E-state index in [0.29, 0.717) is 31.2 Å². The standard InChI is InChI=1S/C20H28ClN3O5S/c1-15-13-23(14-16(2)29-15)20(26)8-7-19(25)22-9-11-24(12-10-22)30(27,28)18-5-3-17(21)4-6-18/h3-6,15-16H,7-14H2,1-2H3/t15-,16-/m0/s1. The van der Waals surface area contributed by atoms with E-state index in [4.69, 9.17) is 16.3 Å². The highest BCUT2D eigenvalue weighted by Gasteiger charge is 2.31. The molecule has 2 heterocycles. The van der Waals surface area contributed by atoms with Crippen LogP contribution in [0.25, 0.3) is 0 Å². The maximum atomic E-state index is 12.7. The van der Waals surface area contributed by atoms with Crippen molar-refractivity contribution in [1.82, 2.24) is 14.1 Å². The molecule has 8 nitrogen and oxygen atoms in total. The summed E-state index contributed by atoms with van der Waals surface area (Å²) < 4.78 is 32.5. The molecule has 0 spiro atoms. The summed E-state index contributed by atoms with van der Waals surface area (Å²) in [5.41, 5.74) is 0. The maximum absolute atomic E-state index is 12.7. The van der Waals surface area contributed by atoms with E-state index in [-0.39, 0.29) is 54.8 Å². The fraction of sp³-hybridized carbons (Fsp3) is 0.600. The van der Waals surface area contributed by atoms with E-state index >= 15 is 0 Å². The van der Waals surface area contributed by atoms with Crippen molar-refractivity contribution in [3.63, 3.8) is 0 Å². The third-order valence-corrected chi connectivity index (χ3v) is 7.53. The molecule has 0 radical (unpaired) electrons. The second-order valence-electron chi connectivity index (χ2n) is 7.79. The van der Waals surface area contributed by atoms with Gasteiger partial charge in [0.1, 0.15) is 0 Å². The van der Waals surface area contributed by atoms with Crippen LogP contribution in [0, 0.1) is 0 Å². The van der Waals surface area contributed by atoms with Crippen molar-refractivity contribution in [2.45, 2.75) is 43.8 Å². The van der Waals surface area contributed by atoms with Crippen molar-refractivity contribution in [1.29, 1.82) is 0 Å². The van der Waals surface area contributed by atoms with Crippen LogP contribution in [0.4, 0.5) is 0 Å². The Morgan fingerprint density at radius 1 is 0.933 bits per heavy atom. The Bertz CT molecular complexity index is 859. The minimum absolute atomic E-state index is 0.0101. The molecular weight excluding hydrogens is 430 g/mol. The Morgan fingerprint density at radius 3 is 1.97 bits per heavy atom. The molecule has 1 aromatic rings. The second-order valence-corrected chi connectivity index (χ2v) is 10.2. The monoisotopic (exact) mass is 457 g/mol. The number of halogens is 1. The summed E-state index contributed by atoms with van der Waals surface area (Å²) in [5.74, 6) is -0.171. The van der Waals surface area contributed by atoms with Crippen LogP contribution >= 0.6 is 11.6 Å². The molecule has 166 valence electrons. The number of benzene rings is 1. The summed E-state index contributed by atoms with van der Waals surface area (Å²) in [6.45, 7) is 6.01. The molecule has 0 saturated carbocycles. The lowest BCUT2D eigenvalue weighted by Gasteiger charge is -2.36. The molecule has 3 rings (SSSR count). The topological polar surface area (TPSA) is 87.2 Å². The summed E-state index contributed by atoms with van der Waals surface area (Å²) in [7, 11) is -3.61. The molecule has 2 aliphatic rings. The van der Waals surface area contributed by atoms with E-state index in [9.17, 15) is 18.0 Å². The van der Waals surface area contributed by atoms with Gasteiger partial charge in [0, 0.05) is 57.1 Å². The number of hydrogen-bond donors (Lipinski definition) is 0. The Balaban J connectivity index is 1.48. The van der Waals surface area contributed by atoms with Crippen molar-refractivity contribution in [2.75, 3.05) is 39.3 Å². The number of morpholine rings is 1. The molecule has 2 aliphatic heterocycles. The number of hydrogen-bond acceptors (Lipinski definition) is 5. The van der Waals surface area contributed by atoms with Gasteiger partial charge in [-0.1, -0.05) is 11.6 Å². The molecule has 30 heavy (non-hydrogen) atoms. The second kappa shape index (κ2) is 9.64. The zero-order valence-electron chi connectivity index (χ0n) is 17.3. The van der Waals surface area contributed by atoms with Gasteiger partial charge in [-0.2, -0.15) is 4.31 Å². The van der Waals surface area contributed by atoms with E-state index < -0.39 is 10.0 Å². The molecule has 2 amide bonds. The highest BCUT2D eigenvalue weighted by Crippen LogP contribution is 2.20. The lowest BCUT2D eigenvalue weighted by atomic mass is 10.2. The number of nitrogens with zero attached hydrogens (tertiary/aromatic N) is 3. The molecule has 2 atom stereocenters. The number of piperazine rings is 1. The Kier molecular flexibility index (Phi) is 7.38. The molecule has 1 aromatic carbocycles. The van der Waals surface area contributed by atoms with Crippen molar-refractivity contribution in [3.8, 4) is 0 Å². The van der Waals surface area contributed by atoms with Gasteiger partial charge in [-0.25, -0.2) is 8.42 Å². The van der Waals surface area contributed by atoms with Gasteiger partial charge in [0.2, 0.25) is 21.8 Å². The zero-order valence-corrected chi connectivity index (χ0v) is 18.9. The molecule has 0 aliphatic carbocycles. The quantitative estimate of drug-likeness (QED) is 0.670. The smallest absolute Gasteiger partial charge is 0.243 e. The first-order chi connectivity index (χ1) is 14.2. The molecule has 2 fully saturated rings. The van der Waals surface area contributed by atoms with Gasteiger partial charge in [-0.15, -0.1) is 0 Å². The highest BCUT2D eigenvalue weighted by atomic mass is 35.5. The summed E-state index contributed by atoms with van der Waals surface area (Å²) in [4.78, 5) is 28.5. The van der Waals surface area contributed by atoms with Crippen LogP contribution in [-0.2, 0) is 24.3 Å². The SMILES string of the molecule is C[C@H]1CN(C(=O)CCC(=O)N2CCN(S(=O)(=O)c3ccc(Cl)cc3)CC2)C[C@H](C)O1. The van der Waals surface area contributed by atoms with Gasteiger partial charge in [0.15, 0.2) is 0 Å². The Morgan fingerprint density at radius 2 is 1.43 bits per heavy atom. The van der Waals surface area contributed by atoms with Crippen molar-refractivity contribution in [3.05, 3.63) is 29.3 Å². The zero-order chi connectivity index (χ0) is 21.9. The lowest BCUT2D eigenvalue weighted by Crippen LogP contribution is -2.51. The van der Waals surface area contributed by atoms with Gasteiger partial charge in [0.25, 0.3) is 0 Å². The van der Waals surface area contributed by atoms with Crippen LogP contribution in [0.15, 0.2) is 29.2 Å². The lowest BCUT2D eigenvalue weighted by molar-refractivity contribution is -0.145. The van der Waals surface area contributed by atoms with Gasteiger partial charge in [-0.3, -0.25) is 9.59 Å². The first kappa shape index (κ1) is 23.0. The molecule has 0 unspecified atom stereocenters. The fourth-order valence-corrected chi connectivity index (χ4v) is 5.39. The first-order valence-electron chi connectivity index (χ1n) is 10.1. The van der Waals surface area contributed by atoms with Gasteiger partial charge >= 0.3 is 0 Å². The Labute approximate surface area is 182 Å². The summed E-state index contributed by atoms with van der Waals surface area (Å²) in [6.07, 6.45) is 0.262. The van der Waals surface area contributed by atoms with Gasteiger partial charge < -0.3 is 14.5 Å². The third-order valence-electron chi connectivity index (χ3n) is 5.37. The van der Waals surface area contributed by atoms with Crippen molar-refractivity contribution >= 4 is 33.4 Å². The number of carbonyl (C=O) groups excluding carboxylic acids is 2. The highest BCUT2D eigenvalue weighted by molar-refractivity contribution is 7.89. The molecule has 0 aromatic heterocycles. The average Bonchev–Trinajstić information content (AvgIpc) is 2.71. The van der Waals surface area contributed by atoms with Crippen LogP contribution in [0.1, 0.15) is 26.7 Å². The van der Waals surface area contributed by atoms with E-state index in [1.165, 1.54) is 16.4 Å². The van der Waals surface area contributed by atoms with E-state index in [1.807, 2.05) is 13.8 Å². The number of ether oxygens (including phenoxy) is 1. The summed E-state index contributed by atoms with van der Waals surface area (Å²) in [6, 6.07) is 6.05. The van der Waals surface area contributed by atoms with Crippen molar-refractivity contribution < 1.29 is 22.7 Å². The Hall–Kier alpha value is -1.68. The first-order valence-corrected chi connectivity index (χ1v) is 12.0. The number of carbonyl (C=O) groups is 2. The number of rotatable bonds is 5. The molecule has 2 saturated heterocycles. The van der Waals surface area contributed by atoms with Crippen LogP contribution in [-0.4, -0.2) is 85.8 Å². The van der Waals surface area contributed by atoms with Crippen LogP contribution in [0.3, 0.4) is 0 Å². The van der Waals surface area contributed by atoms with Crippen LogP contribution in [0.5, 0.6) is 0 Å². The number of amides is 2. The summed E-state index contributed by atoms with van der Waals surface area (Å²) >= 11 is 5.83. The largest absolute Gasteiger partial charge is 0.372 e. The molecule has 0 bridgehead atoms. The maximum Gasteiger partial charge on any atom is 0.243 e. The number of sulfonamides is 1. The van der Waals surface area contributed by atoms with E-state index in [1.54, 1.807) is 21.9 Å². The van der Waals surface area contributed by atoms with Crippen LogP contribution in [0.2, 0.25) is 5.02 Å². The summed E-state index contributed by atoms with van der Waals surface area (Å²) in [5, 5.41) is 0.472. The molecule has 0 N–H and O–H groups in total. The minimum Gasteiger partial charge on any atom is -0.372 e. The van der Waals surface area contributed by atoms with E-state index in [0.717, 1.165) is 0 Å². The minimum atomic E-state index is -3.61. The van der Waals surface area contributed by atoms with Gasteiger partial charge in [0.05, 0.1) is 17.1 Å². The van der Waals surface area contributed by atoms with Crippen LogP contribution < -0.4 is 0 Å².